The van der Waals surface area contributed by atoms with E-state index in [1.54, 1.807) is 11.3 Å². The smallest absolute Gasteiger partial charge is 0.253 e. The Labute approximate surface area is 185 Å². The highest BCUT2D eigenvalue weighted by molar-refractivity contribution is 7.08. The van der Waals surface area contributed by atoms with Gasteiger partial charge in [-0.2, -0.15) is 11.3 Å². The van der Waals surface area contributed by atoms with Crippen LogP contribution in [0.4, 0.5) is 0 Å². The topological polar surface area (TPSA) is 75.4 Å². The number of hydrogen-bond donors (Lipinski definition) is 1. The van der Waals surface area contributed by atoms with Crippen molar-refractivity contribution in [3.05, 3.63) is 75.5 Å². The lowest BCUT2D eigenvalue weighted by molar-refractivity contribution is -0.136. The predicted molar refractivity (Wildman–Crippen MR) is 122 cm³/mol. The Hall–Kier alpha value is -2.77. The molecular weight excluding hydrogens is 410 g/mol. The number of hydrogen-bond acceptors (Lipinski definition) is 5. The predicted octanol–water partition coefficient (Wildman–Crippen LogP) is 3.52. The molecule has 3 heterocycles. The van der Waals surface area contributed by atoms with Gasteiger partial charge < -0.3 is 10.0 Å². The van der Waals surface area contributed by atoms with Crippen LogP contribution in [-0.2, 0) is 11.3 Å². The van der Waals surface area contributed by atoms with E-state index in [0.717, 1.165) is 11.1 Å². The summed E-state index contributed by atoms with van der Waals surface area (Å²) in [4.78, 5) is 31.5. The number of thiophene rings is 1. The van der Waals surface area contributed by atoms with Gasteiger partial charge in [0.1, 0.15) is 0 Å². The first-order chi connectivity index (χ1) is 14.9. The lowest BCUT2D eigenvalue weighted by atomic mass is 9.90. The zero-order valence-electron chi connectivity index (χ0n) is 17.6. The van der Waals surface area contributed by atoms with Gasteiger partial charge in [-0.3, -0.25) is 14.2 Å². The molecule has 162 valence electrons. The van der Waals surface area contributed by atoms with Crippen molar-refractivity contribution < 1.29 is 9.90 Å². The number of piperidine rings is 1. The first-order valence-corrected chi connectivity index (χ1v) is 11.5. The van der Waals surface area contributed by atoms with E-state index >= 15 is 0 Å². The minimum Gasteiger partial charge on any atom is -0.388 e. The lowest BCUT2D eigenvalue weighted by Crippen LogP contribution is -2.49. The van der Waals surface area contributed by atoms with Gasteiger partial charge in [0.05, 0.1) is 24.2 Å². The number of likely N-dealkylation sites (tertiary alicyclic amines) is 1. The van der Waals surface area contributed by atoms with Gasteiger partial charge in [0, 0.05) is 36.5 Å². The summed E-state index contributed by atoms with van der Waals surface area (Å²) in [6.45, 7) is 3.23. The van der Waals surface area contributed by atoms with E-state index in [1.807, 2.05) is 52.1 Å². The maximum atomic E-state index is 12.7. The summed E-state index contributed by atoms with van der Waals surface area (Å²) >= 11 is 1.56. The summed E-state index contributed by atoms with van der Waals surface area (Å²) in [6, 6.07) is 13.5. The second-order valence-electron chi connectivity index (χ2n) is 8.37. The average Bonchev–Trinajstić information content (AvgIpc) is 3.31. The highest BCUT2D eigenvalue weighted by atomic mass is 32.1. The van der Waals surface area contributed by atoms with E-state index < -0.39 is 5.60 Å². The van der Waals surface area contributed by atoms with Gasteiger partial charge in [0.2, 0.25) is 5.91 Å². The van der Waals surface area contributed by atoms with Gasteiger partial charge >= 0.3 is 0 Å². The van der Waals surface area contributed by atoms with Gasteiger partial charge in [-0.15, -0.1) is 0 Å². The molecule has 1 unspecified atom stereocenters. The van der Waals surface area contributed by atoms with Crippen LogP contribution in [0, 0.1) is 0 Å². The number of aromatic nitrogens is 2. The van der Waals surface area contributed by atoms with Crippen molar-refractivity contribution in [1.82, 2.24) is 14.5 Å². The molecule has 0 aliphatic carbocycles. The molecule has 1 saturated heterocycles. The molecule has 1 aromatic carbocycles. The van der Waals surface area contributed by atoms with Crippen molar-refractivity contribution in [1.29, 1.82) is 0 Å². The Bertz CT molecular complexity index is 1070. The van der Waals surface area contributed by atoms with E-state index in [2.05, 4.69) is 11.9 Å². The molecule has 1 amide bonds. The number of carbonyl (C=O) groups excluding carboxylic acids is 1. The summed E-state index contributed by atoms with van der Waals surface area (Å²) in [5.41, 5.74) is 1.52. The van der Waals surface area contributed by atoms with Crippen molar-refractivity contribution in [2.45, 2.75) is 44.2 Å². The number of amides is 1. The zero-order chi connectivity index (χ0) is 21.8. The second-order valence-corrected chi connectivity index (χ2v) is 9.15. The van der Waals surface area contributed by atoms with Crippen LogP contribution in [0.2, 0.25) is 0 Å². The molecule has 1 N–H and O–H groups in total. The molecule has 1 aliphatic rings. The average molecular weight is 438 g/mol. The van der Waals surface area contributed by atoms with Gasteiger partial charge in [0.15, 0.2) is 0 Å². The molecule has 2 aromatic heterocycles. The van der Waals surface area contributed by atoms with Crippen LogP contribution in [0.5, 0.6) is 0 Å². The Balaban J connectivity index is 1.34. The van der Waals surface area contributed by atoms with Gasteiger partial charge in [-0.05, 0) is 35.8 Å². The summed E-state index contributed by atoms with van der Waals surface area (Å²) in [5.74, 6) is 0.262. The first-order valence-electron chi connectivity index (χ1n) is 10.6. The number of benzene rings is 1. The van der Waals surface area contributed by atoms with Crippen LogP contribution < -0.4 is 5.56 Å². The summed E-state index contributed by atoms with van der Waals surface area (Å²) in [6.07, 6.45) is 2.84. The molecule has 0 saturated carbocycles. The van der Waals surface area contributed by atoms with Gasteiger partial charge in [-0.25, -0.2) is 4.98 Å². The fourth-order valence-corrected chi connectivity index (χ4v) is 4.70. The third-order valence-corrected chi connectivity index (χ3v) is 6.74. The third kappa shape index (κ3) is 5.11. The van der Waals surface area contributed by atoms with Crippen molar-refractivity contribution in [2.75, 3.05) is 13.1 Å². The molecule has 0 bridgehead atoms. The van der Waals surface area contributed by atoms with Crippen molar-refractivity contribution >= 4 is 17.2 Å². The fourth-order valence-electron chi connectivity index (χ4n) is 4.05. The fraction of sp³-hybridized carbons (Fsp3) is 0.375. The monoisotopic (exact) mass is 437 g/mol. The van der Waals surface area contributed by atoms with Crippen molar-refractivity contribution in [3.8, 4) is 11.3 Å². The highest BCUT2D eigenvalue weighted by Crippen LogP contribution is 2.26. The molecule has 1 aliphatic heterocycles. The zero-order valence-corrected chi connectivity index (χ0v) is 18.4. The van der Waals surface area contributed by atoms with Crippen LogP contribution in [0.3, 0.4) is 0 Å². The largest absolute Gasteiger partial charge is 0.388 e. The van der Waals surface area contributed by atoms with E-state index in [9.17, 15) is 14.7 Å². The standard InChI is InChI=1S/C24H27N3O3S/c1-18(19-5-3-2-4-6-19)13-22(28)26-10-8-24(30,9-11-26)16-27-17-25-21(14-23(27)29)20-7-12-31-15-20/h2-7,12,14-15,17-18,30H,8-11,13,16H2,1H3. The normalized spacial score (nSPS) is 16.8. The molecular formula is C24H27N3O3S. The third-order valence-electron chi connectivity index (χ3n) is 6.06. The Morgan fingerprint density at radius 1 is 1.23 bits per heavy atom. The Kier molecular flexibility index (Phi) is 6.34. The summed E-state index contributed by atoms with van der Waals surface area (Å²) < 4.78 is 1.46. The molecule has 7 heteroatoms. The number of aliphatic hydroxyl groups is 1. The number of nitrogens with zero attached hydrogens (tertiary/aromatic N) is 3. The van der Waals surface area contributed by atoms with E-state index in [0.29, 0.717) is 38.0 Å². The minimum atomic E-state index is -1.02. The Morgan fingerprint density at radius 2 is 1.97 bits per heavy atom. The molecule has 1 fully saturated rings. The van der Waals surface area contributed by atoms with E-state index in [1.165, 1.54) is 17.0 Å². The molecule has 4 rings (SSSR count). The summed E-state index contributed by atoms with van der Waals surface area (Å²) in [7, 11) is 0. The van der Waals surface area contributed by atoms with Crippen molar-refractivity contribution in [2.24, 2.45) is 0 Å². The van der Waals surface area contributed by atoms with Crippen LogP contribution in [-0.4, -0.2) is 44.2 Å². The lowest BCUT2D eigenvalue weighted by Gasteiger charge is -2.38. The van der Waals surface area contributed by atoms with Gasteiger partial charge in [0.25, 0.3) is 5.56 Å². The molecule has 3 aromatic rings. The van der Waals surface area contributed by atoms with E-state index in [-0.39, 0.29) is 23.9 Å². The second kappa shape index (κ2) is 9.16. The van der Waals surface area contributed by atoms with Crippen LogP contribution in [0.1, 0.15) is 37.7 Å². The Morgan fingerprint density at radius 3 is 2.61 bits per heavy atom. The van der Waals surface area contributed by atoms with Crippen molar-refractivity contribution in [3.63, 3.8) is 0 Å². The first kappa shape index (κ1) is 21.5. The van der Waals surface area contributed by atoms with Crippen LogP contribution >= 0.6 is 11.3 Å². The molecule has 31 heavy (non-hydrogen) atoms. The van der Waals surface area contributed by atoms with Crippen LogP contribution in [0.15, 0.2) is 64.3 Å². The van der Waals surface area contributed by atoms with E-state index in [4.69, 9.17) is 0 Å². The number of carbonyl (C=O) groups is 1. The molecule has 0 spiro atoms. The molecule has 1 atom stereocenters. The number of rotatable bonds is 6. The summed E-state index contributed by atoms with van der Waals surface area (Å²) in [5, 5.41) is 14.9. The molecule has 6 nitrogen and oxygen atoms in total. The maximum absolute atomic E-state index is 12.7. The van der Waals surface area contributed by atoms with Gasteiger partial charge in [-0.1, -0.05) is 37.3 Å². The maximum Gasteiger partial charge on any atom is 0.253 e. The quantitative estimate of drug-likeness (QED) is 0.640. The minimum absolute atomic E-state index is 0.109. The highest BCUT2D eigenvalue weighted by Gasteiger charge is 2.34. The molecule has 0 radical (unpaired) electrons. The van der Waals surface area contributed by atoms with Crippen LogP contribution in [0.25, 0.3) is 11.3 Å². The SMILES string of the molecule is CC(CC(=O)N1CCC(O)(Cn2cnc(-c3ccsc3)cc2=O)CC1)c1ccccc1.